The van der Waals surface area contributed by atoms with E-state index in [0.717, 1.165) is 127 Å². The van der Waals surface area contributed by atoms with Crippen LogP contribution in [0.15, 0.2) is 24.3 Å². The standard InChI is InChI=1S/C70H132O17P2/c1-8-10-11-12-13-14-15-16-17-18-19-24-30-39-46-53-69(74)87-66(58-81-68(73)52-45-38-33-32-36-43-50-63(7)9-2)60-85-89(78,79)83-56-64(71)55-82-88(76,77)84-59-65(86-70(75)54-47-40-31-26-21-23-28-35-42-49-62(5)6)57-80-67(72)51-44-37-29-25-20-22-27-34-41-48-61(3)4/h14-17,61-66,71H,8-13,18-60H2,1-7H3,(H,76,77)(H,78,79)/b15-14-,17-16-/t63?,64-,65-,66-/m1/s1. The predicted molar refractivity (Wildman–Crippen MR) is 358 cm³/mol. The Labute approximate surface area is 542 Å². The van der Waals surface area contributed by atoms with Crippen LogP contribution in [-0.2, 0) is 65.4 Å². The number of phosphoric acid groups is 2. The van der Waals surface area contributed by atoms with Gasteiger partial charge < -0.3 is 33.8 Å². The van der Waals surface area contributed by atoms with Crippen molar-refractivity contribution in [3.8, 4) is 0 Å². The maximum absolute atomic E-state index is 13.0. The summed E-state index contributed by atoms with van der Waals surface area (Å²) < 4.78 is 68.2. The summed E-state index contributed by atoms with van der Waals surface area (Å²) in [6.07, 6.45) is 46.7. The number of hydrogen-bond acceptors (Lipinski definition) is 15. The Kier molecular flexibility index (Phi) is 58.8. The van der Waals surface area contributed by atoms with E-state index in [2.05, 4.69) is 72.8 Å². The van der Waals surface area contributed by atoms with Crippen molar-refractivity contribution in [3.05, 3.63) is 24.3 Å². The topological polar surface area (TPSA) is 237 Å². The van der Waals surface area contributed by atoms with Crippen LogP contribution in [0.1, 0.15) is 325 Å². The predicted octanol–water partition coefficient (Wildman–Crippen LogP) is 19.4. The molecule has 0 aliphatic heterocycles. The number of phosphoric ester groups is 2. The number of allylic oxidation sites excluding steroid dienone is 4. The molecule has 0 saturated carbocycles. The van der Waals surface area contributed by atoms with Crippen LogP contribution in [0.5, 0.6) is 0 Å². The van der Waals surface area contributed by atoms with Crippen LogP contribution < -0.4 is 0 Å². The number of aliphatic hydroxyl groups excluding tert-OH is 1. The van der Waals surface area contributed by atoms with E-state index in [1.165, 1.54) is 116 Å². The van der Waals surface area contributed by atoms with Gasteiger partial charge in [-0.1, -0.05) is 272 Å². The molecule has 0 aromatic rings. The van der Waals surface area contributed by atoms with Gasteiger partial charge in [0.25, 0.3) is 0 Å². The molecule has 17 nitrogen and oxygen atoms in total. The molecule has 0 fully saturated rings. The molecule has 3 N–H and O–H groups in total. The van der Waals surface area contributed by atoms with E-state index in [9.17, 15) is 43.2 Å². The fraction of sp³-hybridized carbons (Fsp3) is 0.886. The Bertz CT molecular complexity index is 1840. The SMILES string of the molecule is CCCCCC/C=C\C=C/CCCCCCCC(=O)O[C@H](COC(=O)CCCCCCCCC(C)CC)COP(=O)(O)OC[C@H](O)COP(=O)(O)OC[C@@H](COC(=O)CCCCCCCCCCCC(C)C)OC(=O)CCCCCCCCCCCC(C)C. The Morgan fingerprint density at radius 3 is 1.00 bits per heavy atom. The number of carbonyl (C=O) groups is 4. The van der Waals surface area contributed by atoms with Gasteiger partial charge in [-0.2, -0.15) is 0 Å². The average molecular weight is 1310 g/mol. The molecule has 0 aromatic carbocycles. The molecule has 0 heterocycles. The summed E-state index contributed by atoms with van der Waals surface area (Å²) >= 11 is 0. The molecule has 0 rings (SSSR count). The minimum Gasteiger partial charge on any atom is -0.462 e. The number of rotatable bonds is 66. The minimum absolute atomic E-state index is 0.0836. The summed E-state index contributed by atoms with van der Waals surface area (Å²) in [4.78, 5) is 72.5. The smallest absolute Gasteiger partial charge is 0.462 e. The van der Waals surface area contributed by atoms with Crippen molar-refractivity contribution in [3.63, 3.8) is 0 Å². The van der Waals surface area contributed by atoms with Crippen LogP contribution in [0.3, 0.4) is 0 Å². The van der Waals surface area contributed by atoms with Gasteiger partial charge in [0.15, 0.2) is 12.2 Å². The number of aliphatic hydroxyl groups is 1. The first-order valence-corrected chi connectivity index (χ1v) is 38.7. The molecule has 0 amide bonds. The lowest BCUT2D eigenvalue weighted by molar-refractivity contribution is -0.161. The second-order valence-electron chi connectivity index (χ2n) is 25.8. The van der Waals surface area contributed by atoms with E-state index >= 15 is 0 Å². The van der Waals surface area contributed by atoms with E-state index in [-0.39, 0.29) is 25.7 Å². The zero-order valence-electron chi connectivity index (χ0n) is 57.4. The Balaban J connectivity index is 5.30. The Hall–Kier alpha value is -2.46. The number of hydrogen-bond donors (Lipinski definition) is 3. The largest absolute Gasteiger partial charge is 0.472 e. The first-order chi connectivity index (χ1) is 42.8. The van der Waals surface area contributed by atoms with Gasteiger partial charge in [0.05, 0.1) is 26.4 Å². The first-order valence-electron chi connectivity index (χ1n) is 35.7. The van der Waals surface area contributed by atoms with Gasteiger partial charge in [0, 0.05) is 25.7 Å². The van der Waals surface area contributed by atoms with Crippen molar-refractivity contribution in [1.82, 2.24) is 0 Å². The lowest BCUT2D eigenvalue weighted by atomic mass is 10.00. The van der Waals surface area contributed by atoms with Crippen LogP contribution in [0.4, 0.5) is 0 Å². The van der Waals surface area contributed by atoms with Gasteiger partial charge in [-0.05, 0) is 69.1 Å². The summed E-state index contributed by atoms with van der Waals surface area (Å²) in [5.74, 6) is 0.0452. The fourth-order valence-corrected chi connectivity index (χ4v) is 11.5. The molecule has 0 radical (unpaired) electrons. The molecule has 0 aliphatic rings. The average Bonchev–Trinajstić information content (AvgIpc) is 3.71. The quantitative estimate of drug-likeness (QED) is 0.0169. The van der Waals surface area contributed by atoms with E-state index in [0.29, 0.717) is 25.7 Å². The van der Waals surface area contributed by atoms with Crippen LogP contribution in [0, 0.1) is 17.8 Å². The number of unbranched alkanes of at least 4 members (excludes halogenated alkanes) is 30. The summed E-state index contributed by atoms with van der Waals surface area (Å²) in [7, 11) is -9.91. The highest BCUT2D eigenvalue weighted by molar-refractivity contribution is 7.47. The summed E-state index contributed by atoms with van der Waals surface area (Å²) in [6.45, 7) is 11.7. The summed E-state index contributed by atoms with van der Waals surface area (Å²) in [6, 6.07) is 0. The Morgan fingerprint density at radius 1 is 0.371 bits per heavy atom. The molecule has 0 aromatic heterocycles. The highest BCUT2D eigenvalue weighted by atomic mass is 31.2. The van der Waals surface area contributed by atoms with Crippen molar-refractivity contribution >= 4 is 39.5 Å². The molecule has 19 heteroatoms. The maximum atomic E-state index is 13.0. The third kappa shape index (κ3) is 62.7. The van der Waals surface area contributed by atoms with Crippen LogP contribution in [0.2, 0.25) is 0 Å². The first kappa shape index (κ1) is 86.5. The van der Waals surface area contributed by atoms with Crippen molar-refractivity contribution in [2.75, 3.05) is 39.6 Å². The second-order valence-corrected chi connectivity index (χ2v) is 28.7. The molecule has 0 spiro atoms. The fourth-order valence-electron chi connectivity index (χ4n) is 9.97. The van der Waals surface area contributed by atoms with Gasteiger partial charge in [0.2, 0.25) is 0 Å². The summed E-state index contributed by atoms with van der Waals surface area (Å²) in [5, 5.41) is 10.6. The molecular weight excluding hydrogens is 1170 g/mol. The third-order valence-corrected chi connectivity index (χ3v) is 17.8. The summed E-state index contributed by atoms with van der Waals surface area (Å²) in [5.41, 5.74) is 0. The molecule has 524 valence electrons. The van der Waals surface area contributed by atoms with Crippen LogP contribution >= 0.6 is 15.6 Å². The number of esters is 4. The molecule has 89 heavy (non-hydrogen) atoms. The van der Waals surface area contributed by atoms with Crippen LogP contribution in [0.25, 0.3) is 0 Å². The van der Waals surface area contributed by atoms with Crippen molar-refractivity contribution in [1.29, 1.82) is 0 Å². The van der Waals surface area contributed by atoms with E-state index in [1.54, 1.807) is 0 Å². The zero-order valence-corrected chi connectivity index (χ0v) is 59.2. The van der Waals surface area contributed by atoms with Crippen molar-refractivity contribution < 1.29 is 80.2 Å². The number of ether oxygens (including phenoxy) is 4. The third-order valence-electron chi connectivity index (χ3n) is 15.9. The van der Waals surface area contributed by atoms with Gasteiger partial charge in [-0.3, -0.25) is 37.3 Å². The molecular formula is C70H132O17P2. The normalized spacial score (nSPS) is 14.7. The van der Waals surface area contributed by atoms with E-state index in [4.69, 9.17) is 37.0 Å². The lowest BCUT2D eigenvalue weighted by Gasteiger charge is -2.21. The molecule has 0 bridgehead atoms. The maximum Gasteiger partial charge on any atom is 0.472 e. The molecule has 0 saturated heterocycles. The van der Waals surface area contributed by atoms with Gasteiger partial charge >= 0.3 is 39.5 Å². The zero-order chi connectivity index (χ0) is 65.9. The van der Waals surface area contributed by atoms with Gasteiger partial charge in [0.1, 0.15) is 19.3 Å². The Morgan fingerprint density at radius 2 is 0.663 bits per heavy atom. The van der Waals surface area contributed by atoms with Gasteiger partial charge in [-0.25, -0.2) is 9.13 Å². The van der Waals surface area contributed by atoms with E-state index < -0.39 is 97.5 Å². The van der Waals surface area contributed by atoms with Crippen LogP contribution in [-0.4, -0.2) is 96.7 Å². The number of carbonyl (C=O) groups excluding carboxylic acids is 4. The molecule has 3 unspecified atom stereocenters. The highest BCUT2D eigenvalue weighted by Crippen LogP contribution is 2.45. The van der Waals surface area contributed by atoms with Crippen molar-refractivity contribution in [2.45, 2.75) is 343 Å². The monoisotopic (exact) mass is 1310 g/mol. The molecule has 0 aliphatic carbocycles. The van der Waals surface area contributed by atoms with E-state index in [1.807, 2.05) is 0 Å². The lowest BCUT2D eigenvalue weighted by Crippen LogP contribution is -2.30. The van der Waals surface area contributed by atoms with Gasteiger partial charge in [-0.15, -0.1) is 0 Å². The highest BCUT2D eigenvalue weighted by Gasteiger charge is 2.30. The molecule has 6 atom stereocenters. The second kappa shape index (κ2) is 60.5. The van der Waals surface area contributed by atoms with Crippen molar-refractivity contribution in [2.24, 2.45) is 17.8 Å². The minimum atomic E-state index is -4.96.